The second kappa shape index (κ2) is 6.59. The number of amides is 1. The van der Waals surface area contributed by atoms with Crippen molar-refractivity contribution in [2.45, 2.75) is 57.5 Å². The SMILES string of the molecule is CCC1CCC(NC(=O)C(N)CC(=O)O)CC1. The molecule has 0 saturated heterocycles. The Labute approximate surface area is 102 Å². The molecule has 4 N–H and O–H groups in total. The molecule has 0 aliphatic heterocycles. The van der Waals surface area contributed by atoms with Gasteiger partial charge in [-0.15, -0.1) is 0 Å². The molecule has 0 bridgehead atoms. The third-order valence-corrected chi connectivity index (χ3v) is 3.50. The van der Waals surface area contributed by atoms with Gasteiger partial charge in [-0.25, -0.2) is 0 Å². The monoisotopic (exact) mass is 242 g/mol. The second-order valence-corrected chi connectivity index (χ2v) is 4.84. The van der Waals surface area contributed by atoms with Crippen LogP contribution in [0.2, 0.25) is 0 Å². The Morgan fingerprint density at radius 3 is 2.41 bits per heavy atom. The summed E-state index contributed by atoms with van der Waals surface area (Å²) in [6.07, 6.45) is 5.11. The molecule has 0 aromatic rings. The van der Waals surface area contributed by atoms with Crippen molar-refractivity contribution in [1.29, 1.82) is 0 Å². The van der Waals surface area contributed by atoms with Crippen molar-refractivity contribution < 1.29 is 14.7 Å². The Balaban J connectivity index is 2.30. The van der Waals surface area contributed by atoms with Crippen LogP contribution in [0.15, 0.2) is 0 Å². The predicted octanol–water partition coefficient (Wildman–Crippen LogP) is 0.873. The van der Waals surface area contributed by atoms with E-state index in [0.29, 0.717) is 0 Å². The summed E-state index contributed by atoms with van der Waals surface area (Å²) in [4.78, 5) is 22.0. The van der Waals surface area contributed by atoms with Crippen LogP contribution in [0.1, 0.15) is 45.4 Å². The fraction of sp³-hybridized carbons (Fsp3) is 0.833. The van der Waals surface area contributed by atoms with Crippen molar-refractivity contribution >= 4 is 11.9 Å². The lowest BCUT2D eigenvalue weighted by Gasteiger charge is -2.29. The average Bonchev–Trinajstić information content (AvgIpc) is 2.29. The van der Waals surface area contributed by atoms with E-state index >= 15 is 0 Å². The molecular formula is C12H22N2O3. The van der Waals surface area contributed by atoms with Crippen molar-refractivity contribution in [3.8, 4) is 0 Å². The number of carboxylic acids is 1. The zero-order chi connectivity index (χ0) is 12.8. The summed E-state index contributed by atoms with van der Waals surface area (Å²) in [6, 6.07) is -0.762. The van der Waals surface area contributed by atoms with Crippen LogP contribution in [0.5, 0.6) is 0 Å². The Bertz CT molecular complexity index is 273. The Kier molecular flexibility index (Phi) is 5.41. The molecule has 0 spiro atoms. The maximum Gasteiger partial charge on any atom is 0.305 e. The van der Waals surface area contributed by atoms with Crippen LogP contribution in [0.25, 0.3) is 0 Å². The molecule has 1 unspecified atom stereocenters. The van der Waals surface area contributed by atoms with Crippen molar-refractivity contribution in [2.24, 2.45) is 11.7 Å². The van der Waals surface area contributed by atoms with Crippen LogP contribution in [-0.2, 0) is 9.59 Å². The summed E-state index contributed by atoms with van der Waals surface area (Å²) < 4.78 is 0. The highest BCUT2D eigenvalue weighted by Crippen LogP contribution is 2.26. The molecule has 98 valence electrons. The number of carbonyl (C=O) groups is 2. The number of hydrogen-bond donors (Lipinski definition) is 3. The van der Waals surface area contributed by atoms with Gasteiger partial charge in [-0.05, 0) is 31.6 Å². The minimum Gasteiger partial charge on any atom is -0.481 e. The molecule has 1 amide bonds. The van der Waals surface area contributed by atoms with Gasteiger partial charge in [0.1, 0.15) is 0 Å². The molecule has 1 atom stereocenters. The number of rotatable bonds is 5. The van der Waals surface area contributed by atoms with Gasteiger partial charge in [0.25, 0.3) is 0 Å². The van der Waals surface area contributed by atoms with Crippen molar-refractivity contribution in [3.63, 3.8) is 0 Å². The van der Waals surface area contributed by atoms with Crippen LogP contribution in [-0.4, -0.2) is 29.1 Å². The van der Waals surface area contributed by atoms with E-state index in [4.69, 9.17) is 10.8 Å². The van der Waals surface area contributed by atoms with Gasteiger partial charge in [0.15, 0.2) is 0 Å². The van der Waals surface area contributed by atoms with E-state index in [1.165, 1.54) is 6.42 Å². The van der Waals surface area contributed by atoms with E-state index in [2.05, 4.69) is 12.2 Å². The molecular weight excluding hydrogens is 220 g/mol. The van der Waals surface area contributed by atoms with Crippen LogP contribution in [0, 0.1) is 5.92 Å². The molecule has 1 aliphatic rings. The number of nitrogens with one attached hydrogen (secondary N) is 1. The summed E-state index contributed by atoms with van der Waals surface area (Å²) in [5, 5.41) is 11.4. The highest BCUT2D eigenvalue weighted by Gasteiger charge is 2.24. The molecule has 5 heteroatoms. The summed E-state index contributed by atoms with van der Waals surface area (Å²) in [5.74, 6) is -0.606. The number of aliphatic carboxylic acids is 1. The van der Waals surface area contributed by atoms with E-state index in [0.717, 1.165) is 31.6 Å². The van der Waals surface area contributed by atoms with Crippen molar-refractivity contribution in [1.82, 2.24) is 5.32 Å². The fourth-order valence-electron chi connectivity index (χ4n) is 2.30. The Hall–Kier alpha value is -1.10. The second-order valence-electron chi connectivity index (χ2n) is 4.84. The Morgan fingerprint density at radius 2 is 1.94 bits per heavy atom. The van der Waals surface area contributed by atoms with E-state index in [1.54, 1.807) is 0 Å². The van der Waals surface area contributed by atoms with Crippen LogP contribution in [0.3, 0.4) is 0 Å². The van der Waals surface area contributed by atoms with Gasteiger partial charge < -0.3 is 16.2 Å². The first-order chi connectivity index (χ1) is 8.02. The molecule has 0 heterocycles. The smallest absolute Gasteiger partial charge is 0.305 e. The molecule has 0 aromatic heterocycles. The molecule has 1 fully saturated rings. The van der Waals surface area contributed by atoms with E-state index in [1.807, 2.05) is 0 Å². The first-order valence-electron chi connectivity index (χ1n) is 6.30. The lowest BCUT2D eigenvalue weighted by molar-refractivity contribution is -0.139. The summed E-state index contributed by atoms with van der Waals surface area (Å²) in [5.41, 5.74) is 5.50. The maximum absolute atomic E-state index is 11.6. The first-order valence-corrected chi connectivity index (χ1v) is 6.30. The quantitative estimate of drug-likeness (QED) is 0.667. The largest absolute Gasteiger partial charge is 0.481 e. The lowest BCUT2D eigenvalue weighted by atomic mass is 9.84. The summed E-state index contributed by atoms with van der Waals surface area (Å²) in [6.45, 7) is 2.19. The molecule has 1 aliphatic carbocycles. The standard InChI is InChI=1S/C12H22N2O3/c1-2-8-3-5-9(6-4-8)14-12(17)10(13)7-11(15)16/h8-10H,2-7,13H2,1H3,(H,14,17)(H,15,16). The molecule has 1 rings (SSSR count). The van der Waals surface area contributed by atoms with Gasteiger partial charge in [-0.2, -0.15) is 0 Å². The molecule has 17 heavy (non-hydrogen) atoms. The van der Waals surface area contributed by atoms with Gasteiger partial charge in [-0.1, -0.05) is 13.3 Å². The molecule has 1 saturated carbocycles. The topological polar surface area (TPSA) is 92.4 Å². The zero-order valence-corrected chi connectivity index (χ0v) is 10.3. The number of carboxylic acid groups (broad SMARTS) is 1. The number of hydrogen-bond acceptors (Lipinski definition) is 3. The van der Waals surface area contributed by atoms with Gasteiger partial charge in [0.05, 0.1) is 12.5 Å². The predicted molar refractivity (Wildman–Crippen MR) is 64.4 cm³/mol. The molecule has 5 nitrogen and oxygen atoms in total. The van der Waals surface area contributed by atoms with E-state index in [9.17, 15) is 9.59 Å². The molecule has 0 aromatic carbocycles. The normalized spacial score (nSPS) is 26.2. The van der Waals surface area contributed by atoms with Gasteiger partial charge >= 0.3 is 5.97 Å². The lowest BCUT2D eigenvalue weighted by Crippen LogP contribution is -2.47. The van der Waals surface area contributed by atoms with Gasteiger partial charge in [-0.3, -0.25) is 9.59 Å². The minimum absolute atomic E-state index is 0.171. The highest BCUT2D eigenvalue weighted by atomic mass is 16.4. The van der Waals surface area contributed by atoms with E-state index < -0.39 is 12.0 Å². The number of nitrogens with two attached hydrogens (primary N) is 1. The number of carbonyl (C=O) groups excluding carboxylic acids is 1. The molecule has 0 radical (unpaired) electrons. The van der Waals surface area contributed by atoms with Crippen LogP contribution >= 0.6 is 0 Å². The first kappa shape index (κ1) is 14.0. The van der Waals surface area contributed by atoms with Gasteiger partial charge in [0.2, 0.25) is 5.91 Å². The van der Waals surface area contributed by atoms with E-state index in [-0.39, 0.29) is 18.4 Å². The zero-order valence-electron chi connectivity index (χ0n) is 10.3. The van der Waals surface area contributed by atoms with Crippen LogP contribution < -0.4 is 11.1 Å². The third kappa shape index (κ3) is 4.73. The summed E-state index contributed by atoms with van der Waals surface area (Å²) in [7, 11) is 0. The Morgan fingerprint density at radius 1 is 1.35 bits per heavy atom. The summed E-state index contributed by atoms with van der Waals surface area (Å²) >= 11 is 0. The average molecular weight is 242 g/mol. The van der Waals surface area contributed by atoms with Crippen molar-refractivity contribution in [3.05, 3.63) is 0 Å². The van der Waals surface area contributed by atoms with Crippen LogP contribution in [0.4, 0.5) is 0 Å². The minimum atomic E-state index is -1.04. The highest BCUT2D eigenvalue weighted by molar-refractivity contribution is 5.86. The van der Waals surface area contributed by atoms with Crippen molar-refractivity contribution in [2.75, 3.05) is 0 Å². The maximum atomic E-state index is 11.6. The fourth-order valence-corrected chi connectivity index (χ4v) is 2.30. The third-order valence-electron chi connectivity index (χ3n) is 3.50. The van der Waals surface area contributed by atoms with Gasteiger partial charge in [0, 0.05) is 6.04 Å².